The third-order valence-electron chi connectivity index (χ3n) is 4.07. The number of halogens is 2. The highest BCUT2D eigenvalue weighted by molar-refractivity contribution is 7.99. The Balaban J connectivity index is 2.16. The van der Waals surface area contributed by atoms with Crippen molar-refractivity contribution in [1.82, 2.24) is 0 Å². The van der Waals surface area contributed by atoms with Gasteiger partial charge in [0.1, 0.15) is 12.3 Å². The Morgan fingerprint density at radius 3 is 2.44 bits per heavy atom. The molecule has 0 N–H and O–H groups in total. The number of allylic oxidation sites excluding steroid dienone is 1. The molecule has 25 heavy (non-hydrogen) atoms. The lowest BCUT2D eigenvalue weighted by Crippen LogP contribution is -2.08. The Kier molecular flexibility index (Phi) is 7.90. The summed E-state index contributed by atoms with van der Waals surface area (Å²) in [7, 11) is 1.66. The number of benzene rings is 1. The van der Waals surface area contributed by atoms with Gasteiger partial charge >= 0.3 is 5.97 Å². The van der Waals surface area contributed by atoms with Crippen molar-refractivity contribution >= 4 is 23.3 Å². The van der Waals surface area contributed by atoms with Gasteiger partial charge < -0.3 is 9.47 Å². The van der Waals surface area contributed by atoms with Gasteiger partial charge in [-0.05, 0) is 43.4 Å². The number of carbonyl (C=O) groups is 1. The molecule has 1 aromatic carbocycles. The summed E-state index contributed by atoms with van der Waals surface area (Å²) in [6.45, 7) is 2.65. The summed E-state index contributed by atoms with van der Waals surface area (Å²) >= 11 is 1.66. The van der Waals surface area contributed by atoms with Crippen molar-refractivity contribution in [2.75, 3.05) is 26.1 Å². The average Bonchev–Trinajstić information content (AvgIpc) is 2.92. The van der Waals surface area contributed by atoms with E-state index in [2.05, 4.69) is 0 Å². The zero-order valence-electron chi connectivity index (χ0n) is 14.5. The quantitative estimate of drug-likeness (QED) is 0.293. The summed E-state index contributed by atoms with van der Waals surface area (Å²) in [5.41, 5.74) is 1.08. The van der Waals surface area contributed by atoms with E-state index in [0.29, 0.717) is 17.7 Å². The summed E-state index contributed by atoms with van der Waals surface area (Å²) in [6.07, 6.45) is -1.03. The Hall–Kier alpha value is -1.40. The average molecular weight is 370 g/mol. The molecule has 1 fully saturated rings. The molecule has 6 heteroatoms. The molecule has 1 aliphatic rings. The molecular weight excluding hydrogens is 346 g/mol. The van der Waals surface area contributed by atoms with Gasteiger partial charge in [-0.15, -0.1) is 11.8 Å². The number of methoxy groups -OCH3 is 1. The summed E-state index contributed by atoms with van der Waals surface area (Å²) < 4.78 is 37.0. The number of alkyl halides is 2. The smallest absolute Gasteiger partial charge is 0.338 e. The molecule has 1 aromatic rings. The van der Waals surface area contributed by atoms with Crippen LogP contribution in [0, 0.1) is 5.92 Å². The maximum atomic E-state index is 13.4. The fourth-order valence-corrected chi connectivity index (χ4v) is 3.62. The molecule has 0 heterocycles. The van der Waals surface area contributed by atoms with Crippen molar-refractivity contribution in [3.05, 3.63) is 35.9 Å². The van der Waals surface area contributed by atoms with Gasteiger partial charge in [0.05, 0.1) is 18.8 Å². The highest BCUT2D eigenvalue weighted by Crippen LogP contribution is 2.34. The topological polar surface area (TPSA) is 35.5 Å². The number of hydrogen-bond donors (Lipinski definition) is 0. The molecule has 1 saturated carbocycles. The van der Waals surface area contributed by atoms with Gasteiger partial charge in [-0.1, -0.05) is 18.2 Å². The molecule has 0 bridgehead atoms. The van der Waals surface area contributed by atoms with Gasteiger partial charge in [-0.25, -0.2) is 13.6 Å². The minimum Gasteiger partial charge on any atom is -0.462 e. The summed E-state index contributed by atoms with van der Waals surface area (Å²) in [5, 5.41) is 0. The molecule has 1 unspecified atom stereocenters. The maximum Gasteiger partial charge on any atom is 0.338 e. The number of esters is 1. The van der Waals surface area contributed by atoms with Crippen molar-refractivity contribution in [3.8, 4) is 0 Å². The molecule has 0 aliphatic heterocycles. The van der Waals surface area contributed by atoms with E-state index in [1.807, 2.05) is 24.3 Å². The Morgan fingerprint density at radius 2 is 1.88 bits per heavy atom. The lowest BCUT2D eigenvalue weighted by atomic mass is 9.98. The fraction of sp³-hybridized carbons (Fsp3) is 0.526. The largest absolute Gasteiger partial charge is 0.462 e. The monoisotopic (exact) mass is 370 g/mol. The van der Waals surface area contributed by atoms with E-state index in [1.54, 1.807) is 31.9 Å². The van der Waals surface area contributed by atoms with Gasteiger partial charge in [0, 0.05) is 17.8 Å². The maximum absolute atomic E-state index is 13.4. The van der Waals surface area contributed by atoms with Gasteiger partial charge in [0.2, 0.25) is 0 Å². The van der Waals surface area contributed by atoms with Crippen LogP contribution < -0.4 is 0 Å². The van der Waals surface area contributed by atoms with Crippen molar-refractivity contribution in [2.45, 2.75) is 37.0 Å². The summed E-state index contributed by atoms with van der Waals surface area (Å²) in [6, 6.07) is 7.53. The Morgan fingerprint density at radius 1 is 1.24 bits per heavy atom. The first-order valence-corrected chi connectivity index (χ1v) is 9.43. The zero-order chi connectivity index (χ0) is 18.2. The van der Waals surface area contributed by atoms with Gasteiger partial charge in [0.15, 0.2) is 0 Å². The molecule has 1 aliphatic carbocycles. The van der Waals surface area contributed by atoms with Crippen molar-refractivity contribution in [3.63, 3.8) is 0 Å². The lowest BCUT2D eigenvalue weighted by Gasteiger charge is -2.11. The Bertz CT molecular complexity index is 579. The lowest BCUT2D eigenvalue weighted by molar-refractivity contribution is -0.136. The van der Waals surface area contributed by atoms with E-state index in [-0.39, 0.29) is 25.4 Å². The minimum absolute atomic E-state index is 0.106. The first-order valence-electron chi connectivity index (χ1n) is 8.44. The normalized spacial score (nSPS) is 23.7. The molecular formula is C19H24F2O3S. The number of ether oxygens (including phenoxy) is 2. The molecule has 0 saturated heterocycles. The van der Waals surface area contributed by atoms with Crippen LogP contribution in [0.1, 0.15) is 25.3 Å². The second-order valence-electron chi connectivity index (χ2n) is 5.93. The van der Waals surface area contributed by atoms with Crippen LogP contribution in [0.25, 0.3) is 5.57 Å². The van der Waals surface area contributed by atoms with E-state index in [0.717, 1.165) is 10.6 Å². The third-order valence-corrected chi connectivity index (χ3v) is 5.04. The number of thioether (sulfide) groups is 1. The van der Waals surface area contributed by atoms with Gasteiger partial charge in [-0.2, -0.15) is 0 Å². The molecule has 138 valence electrons. The van der Waals surface area contributed by atoms with Gasteiger partial charge in [-0.3, -0.25) is 0 Å². The minimum atomic E-state index is -1.45. The van der Waals surface area contributed by atoms with Crippen LogP contribution in [0.5, 0.6) is 0 Å². The van der Waals surface area contributed by atoms with Crippen LogP contribution in [0.15, 0.2) is 35.2 Å². The third kappa shape index (κ3) is 5.82. The predicted molar refractivity (Wildman–Crippen MR) is 96.2 cm³/mol. The molecule has 3 atom stereocenters. The fourth-order valence-electron chi connectivity index (χ4n) is 2.81. The van der Waals surface area contributed by atoms with Gasteiger partial charge in [0.25, 0.3) is 0 Å². The van der Waals surface area contributed by atoms with E-state index in [4.69, 9.17) is 9.47 Å². The van der Waals surface area contributed by atoms with E-state index >= 15 is 0 Å². The highest BCUT2D eigenvalue weighted by Gasteiger charge is 2.34. The summed E-state index contributed by atoms with van der Waals surface area (Å²) in [4.78, 5) is 13.4. The molecule has 3 nitrogen and oxygen atoms in total. The zero-order valence-corrected chi connectivity index (χ0v) is 15.4. The standard InChI is InChI=1S/C19H24F2O3S/c1-3-24-19(22)16(10-13-11-17(20)18(21)12-13)14-4-6-15(7-5-14)25-9-8-23-2/h4-7,10,13,17-18H,3,8-9,11-12H2,1-2H3/b16-10-/t13?,17-,18+. The first kappa shape index (κ1) is 19.9. The van der Waals surface area contributed by atoms with Crippen molar-refractivity contribution in [1.29, 1.82) is 0 Å². The van der Waals surface area contributed by atoms with E-state index in [9.17, 15) is 13.6 Å². The molecule has 0 amide bonds. The second kappa shape index (κ2) is 9.92. The SMILES string of the molecule is CCOC(=O)/C(=C\C1C[C@@H](F)[C@@H](F)C1)c1ccc(SCCOC)cc1. The van der Waals surface area contributed by atoms with Crippen LogP contribution >= 0.6 is 11.8 Å². The van der Waals surface area contributed by atoms with E-state index < -0.39 is 18.3 Å². The second-order valence-corrected chi connectivity index (χ2v) is 7.10. The molecule has 0 radical (unpaired) electrons. The van der Waals surface area contributed by atoms with Crippen LogP contribution in [0.2, 0.25) is 0 Å². The number of rotatable bonds is 8. The number of hydrogen-bond acceptors (Lipinski definition) is 4. The van der Waals surface area contributed by atoms with Crippen LogP contribution in [-0.2, 0) is 14.3 Å². The predicted octanol–water partition coefficient (Wildman–Crippen LogP) is 4.46. The molecule has 0 aromatic heterocycles. The van der Waals surface area contributed by atoms with Crippen LogP contribution in [0.3, 0.4) is 0 Å². The first-order chi connectivity index (χ1) is 12.0. The molecule has 2 rings (SSSR count). The number of carbonyl (C=O) groups excluding carboxylic acids is 1. The molecule has 0 spiro atoms. The van der Waals surface area contributed by atoms with Crippen LogP contribution in [-0.4, -0.2) is 44.4 Å². The van der Waals surface area contributed by atoms with Crippen LogP contribution in [0.4, 0.5) is 8.78 Å². The Labute approximate surface area is 151 Å². The van der Waals surface area contributed by atoms with Crippen molar-refractivity contribution < 1.29 is 23.0 Å². The van der Waals surface area contributed by atoms with E-state index in [1.165, 1.54) is 0 Å². The highest BCUT2D eigenvalue weighted by atomic mass is 32.2. The van der Waals surface area contributed by atoms with Crippen molar-refractivity contribution in [2.24, 2.45) is 5.92 Å². The summed E-state index contributed by atoms with van der Waals surface area (Å²) in [5.74, 6) is 0.0917.